The van der Waals surface area contributed by atoms with Crippen LogP contribution < -0.4 is 5.32 Å². The number of carbonyl (C=O) groups excluding carboxylic acids is 1. The van der Waals surface area contributed by atoms with Gasteiger partial charge in [0, 0.05) is 11.6 Å². The van der Waals surface area contributed by atoms with Gasteiger partial charge in [0.1, 0.15) is 4.21 Å². The first kappa shape index (κ1) is 19.6. The molecule has 3 rings (SSSR count). The van der Waals surface area contributed by atoms with Crippen LogP contribution in [0.25, 0.3) is 0 Å². The number of hydrogen-bond donors (Lipinski definition) is 1. The van der Waals surface area contributed by atoms with Crippen molar-refractivity contribution in [3.63, 3.8) is 0 Å². The van der Waals surface area contributed by atoms with Gasteiger partial charge in [-0.25, -0.2) is 8.42 Å². The summed E-state index contributed by atoms with van der Waals surface area (Å²) in [6.07, 6.45) is 0.669. The Bertz CT molecular complexity index is 1040. The molecule has 27 heavy (non-hydrogen) atoms. The lowest BCUT2D eigenvalue weighted by Gasteiger charge is -2.04. The molecule has 7 heteroatoms. The molecule has 0 atom stereocenters. The summed E-state index contributed by atoms with van der Waals surface area (Å²) in [5, 5.41) is 3.49. The van der Waals surface area contributed by atoms with Crippen molar-refractivity contribution in [1.82, 2.24) is 5.32 Å². The van der Waals surface area contributed by atoms with Crippen molar-refractivity contribution in [3.05, 3.63) is 81.7 Å². The molecule has 4 nitrogen and oxygen atoms in total. The van der Waals surface area contributed by atoms with Gasteiger partial charge in [-0.1, -0.05) is 41.4 Å². The number of amides is 1. The minimum Gasteiger partial charge on any atom is -0.351 e. The van der Waals surface area contributed by atoms with E-state index < -0.39 is 9.84 Å². The lowest BCUT2D eigenvalue weighted by molar-refractivity contribution is 0.0958. The van der Waals surface area contributed by atoms with Crippen molar-refractivity contribution in [2.75, 3.05) is 6.54 Å². The number of hydrogen-bond acceptors (Lipinski definition) is 4. The maximum Gasteiger partial charge on any atom is 0.261 e. The Labute approximate surface area is 167 Å². The van der Waals surface area contributed by atoms with E-state index in [0.717, 1.165) is 22.5 Å². The smallest absolute Gasteiger partial charge is 0.261 e. The number of thiophene rings is 1. The molecule has 0 fully saturated rings. The van der Waals surface area contributed by atoms with Gasteiger partial charge in [-0.2, -0.15) is 0 Å². The van der Waals surface area contributed by atoms with Crippen molar-refractivity contribution < 1.29 is 13.2 Å². The van der Waals surface area contributed by atoms with Crippen molar-refractivity contribution in [2.45, 2.75) is 22.4 Å². The molecule has 0 bridgehead atoms. The fraction of sp³-hybridized carbons (Fsp3) is 0.150. The van der Waals surface area contributed by atoms with E-state index in [-0.39, 0.29) is 15.0 Å². The number of rotatable bonds is 6. The normalized spacial score (nSPS) is 11.3. The summed E-state index contributed by atoms with van der Waals surface area (Å²) in [5.74, 6) is -0.278. The topological polar surface area (TPSA) is 63.2 Å². The van der Waals surface area contributed by atoms with Crippen LogP contribution in [0.3, 0.4) is 0 Å². The van der Waals surface area contributed by atoms with Gasteiger partial charge >= 0.3 is 0 Å². The van der Waals surface area contributed by atoms with Gasteiger partial charge < -0.3 is 5.32 Å². The Hall–Kier alpha value is -2.15. The summed E-state index contributed by atoms with van der Waals surface area (Å²) >= 11 is 6.83. The SMILES string of the molecule is Cc1ccc(S(=O)(=O)c2ccc(C(=O)NCCc3ccc(Cl)cc3)s2)cc1. The molecular formula is C20H18ClNO3S2. The molecule has 1 N–H and O–H groups in total. The molecule has 1 heterocycles. The summed E-state index contributed by atoms with van der Waals surface area (Å²) in [6.45, 7) is 2.35. The fourth-order valence-electron chi connectivity index (χ4n) is 2.48. The van der Waals surface area contributed by atoms with Gasteiger partial charge in [0.25, 0.3) is 5.91 Å². The second-order valence-electron chi connectivity index (χ2n) is 6.07. The lowest BCUT2D eigenvalue weighted by Crippen LogP contribution is -2.24. The van der Waals surface area contributed by atoms with E-state index in [4.69, 9.17) is 11.6 Å². The average molecular weight is 420 g/mol. The quantitative estimate of drug-likeness (QED) is 0.639. The molecule has 1 amide bonds. The maximum absolute atomic E-state index is 12.7. The zero-order chi connectivity index (χ0) is 19.4. The van der Waals surface area contributed by atoms with Crippen molar-refractivity contribution >= 4 is 38.7 Å². The maximum atomic E-state index is 12.7. The highest BCUT2D eigenvalue weighted by Crippen LogP contribution is 2.28. The molecule has 0 saturated carbocycles. The Morgan fingerprint density at radius 2 is 1.67 bits per heavy atom. The number of benzene rings is 2. The highest BCUT2D eigenvalue weighted by Gasteiger charge is 2.21. The Kier molecular flexibility index (Phi) is 5.99. The Morgan fingerprint density at radius 1 is 1.00 bits per heavy atom. The van der Waals surface area contributed by atoms with E-state index in [2.05, 4.69) is 5.32 Å². The van der Waals surface area contributed by atoms with Crippen LogP contribution in [0.4, 0.5) is 0 Å². The van der Waals surface area contributed by atoms with Crippen LogP contribution in [0.2, 0.25) is 5.02 Å². The zero-order valence-corrected chi connectivity index (χ0v) is 17.0. The lowest BCUT2D eigenvalue weighted by atomic mass is 10.1. The molecule has 1 aromatic heterocycles. The largest absolute Gasteiger partial charge is 0.351 e. The first-order valence-electron chi connectivity index (χ1n) is 8.30. The van der Waals surface area contributed by atoms with Gasteiger partial charge in [-0.05, 0) is 55.3 Å². The molecule has 0 aliphatic rings. The standard InChI is InChI=1S/C20H18ClNO3S2/c1-14-2-8-17(9-3-14)27(24,25)19-11-10-18(26-19)20(23)22-13-12-15-4-6-16(21)7-5-15/h2-11H,12-13H2,1H3,(H,22,23). The van der Waals surface area contributed by atoms with Crippen LogP contribution in [0, 0.1) is 6.92 Å². The summed E-state index contributed by atoms with van der Waals surface area (Å²) < 4.78 is 25.5. The average Bonchev–Trinajstić information content (AvgIpc) is 3.15. The second kappa shape index (κ2) is 8.25. The third-order valence-electron chi connectivity index (χ3n) is 4.01. The Morgan fingerprint density at radius 3 is 2.33 bits per heavy atom. The number of sulfone groups is 1. The van der Waals surface area contributed by atoms with Crippen LogP contribution in [0.1, 0.15) is 20.8 Å². The summed E-state index contributed by atoms with van der Waals surface area (Å²) in [6, 6.07) is 17.1. The minimum absolute atomic E-state index is 0.161. The molecule has 0 saturated heterocycles. The summed E-state index contributed by atoms with van der Waals surface area (Å²) in [4.78, 5) is 12.9. The molecule has 0 aliphatic carbocycles. The van der Waals surface area contributed by atoms with Gasteiger partial charge in [-0.15, -0.1) is 11.3 Å². The van der Waals surface area contributed by atoms with E-state index in [1.54, 1.807) is 42.5 Å². The minimum atomic E-state index is -3.61. The second-order valence-corrected chi connectivity index (χ2v) is 9.76. The first-order chi connectivity index (χ1) is 12.9. The molecule has 0 radical (unpaired) electrons. The summed E-state index contributed by atoms with van der Waals surface area (Å²) in [5.41, 5.74) is 2.05. The third kappa shape index (κ3) is 4.77. The highest BCUT2D eigenvalue weighted by molar-refractivity contribution is 7.93. The highest BCUT2D eigenvalue weighted by atomic mass is 35.5. The van der Waals surface area contributed by atoms with Crippen LogP contribution in [0.15, 0.2) is 69.8 Å². The first-order valence-corrected chi connectivity index (χ1v) is 11.0. The van der Waals surface area contributed by atoms with E-state index in [9.17, 15) is 13.2 Å². The van der Waals surface area contributed by atoms with Crippen LogP contribution >= 0.6 is 22.9 Å². The zero-order valence-electron chi connectivity index (χ0n) is 14.6. The molecular weight excluding hydrogens is 402 g/mol. The third-order valence-corrected chi connectivity index (χ3v) is 7.61. The summed E-state index contributed by atoms with van der Waals surface area (Å²) in [7, 11) is -3.61. The molecule has 2 aromatic carbocycles. The van der Waals surface area contributed by atoms with Gasteiger partial charge in [0.15, 0.2) is 0 Å². The molecule has 0 unspecified atom stereocenters. The number of carbonyl (C=O) groups is 1. The van der Waals surface area contributed by atoms with E-state index >= 15 is 0 Å². The number of nitrogens with one attached hydrogen (secondary N) is 1. The van der Waals surface area contributed by atoms with Crippen LogP contribution in [-0.4, -0.2) is 20.9 Å². The molecule has 0 spiro atoms. The molecule has 3 aromatic rings. The van der Waals surface area contributed by atoms with E-state index in [1.807, 2.05) is 19.1 Å². The molecule has 0 aliphatic heterocycles. The predicted molar refractivity (Wildman–Crippen MR) is 108 cm³/mol. The van der Waals surface area contributed by atoms with E-state index in [0.29, 0.717) is 22.9 Å². The van der Waals surface area contributed by atoms with Crippen molar-refractivity contribution in [3.8, 4) is 0 Å². The van der Waals surface area contributed by atoms with Crippen LogP contribution in [0.5, 0.6) is 0 Å². The number of halogens is 1. The number of aryl methyl sites for hydroxylation is 1. The van der Waals surface area contributed by atoms with Crippen molar-refractivity contribution in [1.29, 1.82) is 0 Å². The fourth-order valence-corrected chi connectivity index (χ4v) is 5.23. The predicted octanol–water partition coefficient (Wildman–Crippen LogP) is 4.52. The molecule has 140 valence electrons. The Balaban J connectivity index is 1.65. The van der Waals surface area contributed by atoms with Crippen molar-refractivity contribution in [2.24, 2.45) is 0 Å². The van der Waals surface area contributed by atoms with Gasteiger partial charge in [-0.3, -0.25) is 4.79 Å². The van der Waals surface area contributed by atoms with Crippen LogP contribution in [-0.2, 0) is 16.3 Å². The van der Waals surface area contributed by atoms with Gasteiger partial charge in [0.05, 0.1) is 9.77 Å². The monoisotopic (exact) mass is 419 g/mol. The van der Waals surface area contributed by atoms with Gasteiger partial charge in [0.2, 0.25) is 9.84 Å². The van der Waals surface area contributed by atoms with E-state index in [1.165, 1.54) is 6.07 Å².